The Kier molecular flexibility index (Phi) is 10.0. The molecule has 6 atom stereocenters. The van der Waals surface area contributed by atoms with E-state index in [2.05, 4.69) is 4.98 Å². The third kappa shape index (κ3) is 7.90. The highest BCUT2D eigenvalue weighted by molar-refractivity contribution is 6.22. The van der Waals surface area contributed by atoms with E-state index in [9.17, 15) is 19.2 Å². The van der Waals surface area contributed by atoms with Gasteiger partial charge in [0.1, 0.15) is 23.8 Å². The molecule has 0 amide bonds. The molecule has 0 saturated carbocycles. The molecule has 0 bridgehead atoms. The summed E-state index contributed by atoms with van der Waals surface area (Å²) in [5.41, 5.74) is 1.42. The number of esters is 4. The van der Waals surface area contributed by atoms with Gasteiger partial charge < -0.3 is 28.4 Å². The van der Waals surface area contributed by atoms with Gasteiger partial charge in [0.15, 0.2) is 12.2 Å². The molecule has 0 spiro atoms. The molecule has 1 aromatic carbocycles. The maximum absolute atomic E-state index is 11.9. The van der Waals surface area contributed by atoms with Gasteiger partial charge in [-0.15, -0.1) is 11.6 Å². The van der Waals surface area contributed by atoms with Crippen molar-refractivity contribution >= 4 is 35.5 Å². The zero-order valence-corrected chi connectivity index (χ0v) is 22.0. The number of pyridine rings is 1. The van der Waals surface area contributed by atoms with Crippen LogP contribution in [0.3, 0.4) is 0 Å². The monoisotopic (exact) mass is 549 g/mol. The van der Waals surface area contributed by atoms with Gasteiger partial charge in [-0.25, -0.2) is 0 Å². The minimum atomic E-state index is -1.33. The number of hydrogen-bond donors (Lipinski definition) is 0. The fraction of sp³-hybridized carbons (Fsp3) is 0.423. The Morgan fingerprint density at radius 1 is 0.842 bits per heavy atom. The van der Waals surface area contributed by atoms with Crippen LogP contribution in [-0.2, 0) is 42.9 Å². The molecule has 1 unspecified atom stereocenters. The van der Waals surface area contributed by atoms with Crippen LogP contribution in [0.5, 0.6) is 5.75 Å². The lowest BCUT2D eigenvalue weighted by Gasteiger charge is -2.43. The van der Waals surface area contributed by atoms with E-state index in [4.69, 9.17) is 40.0 Å². The highest BCUT2D eigenvalue weighted by Gasteiger charge is 2.53. The first-order chi connectivity index (χ1) is 18.0. The third-order valence-electron chi connectivity index (χ3n) is 5.32. The number of carbonyl (C=O) groups excluding carboxylic acids is 4. The number of rotatable bonds is 9. The summed E-state index contributed by atoms with van der Waals surface area (Å²) in [5, 5.41) is -0.504. The number of hydrogen-bond acceptors (Lipinski definition) is 11. The van der Waals surface area contributed by atoms with E-state index in [0.29, 0.717) is 11.4 Å². The second-order valence-corrected chi connectivity index (χ2v) is 8.81. The van der Waals surface area contributed by atoms with Gasteiger partial charge in [-0.05, 0) is 29.8 Å². The molecule has 11 nitrogen and oxygen atoms in total. The molecule has 1 fully saturated rings. The quantitative estimate of drug-likeness (QED) is 0.259. The number of alkyl halides is 1. The molecule has 204 valence electrons. The summed E-state index contributed by atoms with van der Waals surface area (Å²) in [4.78, 5) is 51.5. The molecule has 1 aromatic heterocycles. The summed E-state index contributed by atoms with van der Waals surface area (Å²) >= 11 is 6.54. The topological polar surface area (TPSA) is 137 Å². The summed E-state index contributed by atoms with van der Waals surface area (Å²) < 4.78 is 33.1. The third-order valence-corrected chi connectivity index (χ3v) is 5.80. The number of benzene rings is 1. The average molecular weight is 550 g/mol. The predicted octanol–water partition coefficient (Wildman–Crippen LogP) is 2.87. The predicted molar refractivity (Wildman–Crippen MR) is 131 cm³/mol. The normalized spacial score (nSPS) is 23.4. The summed E-state index contributed by atoms with van der Waals surface area (Å²) in [6.07, 6.45) is -4.72. The number of ether oxygens (including phenoxy) is 6. The van der Waals surface area contributed by atoms with E-state index in [1.54, 1.807) is 42.6 Å². The molecule has 0 radical (unpaired) electrons. The van der Waals surface area contributed by atoms with Crippen molar-refractivity contribution < 1.29 is 47.6 Å². The molecular weight excluding hydrogens is 522 g/mol. The van der Waals surface area contributed by atoms with Gasteiger partial charge in [-0.2, -0.15) is 0 Å². The van der Waals surface area contributed by atoms with Crippen LogP contribution in [0, 0.1) is 0 Å². The van der Waals surface area contributed by atoms with E-state index >= 15 is 0 Å². The first-order valence-corrected chi connectivity index (χ1v) is 12.1. The maximum atomic E-state index is 11.9. The van der Waals surface area contributed by atoms with Crippen molar-refractivity contribution in [2.75, 3.05) is 6.61 Å². The van der Waals surface area contributed by atoms with Crippen LogP contribution in [0.1, 0.15) is 44.3 Å². The average Bonchev–Trinajstić information content (AvgIpc) is 2.86. The number of carbonyl (C=O) groups is 4. The van der Waals surface area contributed by atoms with Gasteiger partial charge in [0.25, 0.3) is 0 Å². The molecular formula is C26H28ClNO10. The summed E-state index contributed by atoms with van der Waals surface area (Å²) in [6, 6.07) is 12.1. The van der Waals surface area contributed by atoms with Crippen LogP contribution < -0.4 is 4.74 Å². The Morgan fingerprint density at radius 3 is 2.00 bits per heavy atom. The second kappa shape index (κ2) is 13.2. The summed E-state index contributed by atoms with van der Waals surface area (Å²) in [5.74, 6) is -2.48. The van der Waals surface area contributed by atoms with Crippen LogP contribution in [0.15, 0.2) is 48.7 Å². The minimum absolute atomic E-state index is 0.305. The van der Waals surface area contributed by atoms with Crippen molar-refractivity contribution in [1.82, 2.24) is 4.98 Å². The highest BCUT2D eigenvalue weighted by atomic mass is 35.5. The van der Waals surface area contributed by atoms with Gasteiger partial charge in [-0.3, -0.25) is 24.2 Å². The van der Waals surface area contributed by atoms with Crippen molar-refractivity contribution in [2.45, 2.75) is 63.8 Å². The first-order valence-electron chi connectivity index (χ1n) is 11.7. The molecule has 38 heavy (non-hydrogen) atoms. The Balaban J connectivity index is 1.90. The van der Waals surface area contributed by atoms with Gasteiger partial charge in [0, 0.05) is 33.9 Å². The van der Waals surface area contributed by atoms with Crippen LogP contribution in [0.25, 0.3) is 0 Å². The van der Waals surface area contributed by atoms with Crippen molar-refractivity contribution in [2.24, 2.45) is 0 Å². The summed E-state index contributed by atoms with van der Waals surface area (Å²) in [6.45, 7) is 4.29. The molecule has 3 rings (SSSR count). The fourth-order valence-electron chi connectivity index (χ4n) is 3.83. The molecule has 1 aliphatic heterocycles. The van der Waals surface area contributed by atoms with Crippen molar-refractivity contribution in [3.8, 4) is 5.75 Å². The second-order valence-electron chi connectivity index (χ2n) is 8.37. The molecule has 0 aliphatic carbocycles. The SMILES string of the molecule is CC(=O)OC[C@H]1O[C@@H](Oc2ccc(C(Cl)c3ccccn3)cc2)[C@H](OC(C)=O)[C@@H](OC(C)=O)[C@H]1OC(C)=O. The Morgan fingerprint density at radius 2 is 1.45 bits per heavy atom. The largest absolute Gasteiger partial charge is 0.463 e. The molecule has 2 aromatic rings. The smallest absolute Gasteiger partial charge is 0.303 e. The zero-order chi connectivity index (χ0) is 27.8. The lowest BCUT2D eigenvalue weighted by atomic mass is 9.98. The fourth-order valence-corrected chi connectivity index (χ4v) is 4.10. The Hall–Kier alpha value is -3.70. The van der Waals surface area contributed by atoms with Crippen LogP contribution >= 0.6 is 11.6 Å². The lowest BCUT2D eigenvalue weighted by Crippen LogP contribution is -2.63. The summed E-state index contributed by atoms with van der Waals surface area (Å²) in [7, 11) is 0. The highest BCUT2D eigenvalue weighted by Crippen LogP contribution is 2.32. The van der Waals surface area contributed by atoms with Gasteiger partial charge in [0.05, 0.1) is 5.69 Å². The maximum Gasteiger partial charge on any atom is 0.303 e. The standard InChI is InChI=1S/C26H28ClNO10/c1-14(29)33-13-21-23(34-15(2)30)24(35-16(3)31)25(36-17(4)32)26(38-21)37-19-10-8-18(9-11-19)22(27)20-7-5-6-12-28-20/h5-12,21-26H,13H2,1-4H3/t21-,22?,23+,24+,25-,26-/m1/s1. The Bertz CT molecular complexity index is 1130. The lowest BCUT2D eigenvalue weighted by molar-refractivity contribution is -0.288. The van der Waals surface area contributed by atoms with Crippen molar-refractivity contribution in [3.63, 3.8) is 0 Å². The van der Waals surface area contributed by atoms with E-state index < -0.39 is 60.0 Å². The van der Waals surface area contributed by atoms with Gasteiger partial charge in [-0.1, -0.05) is 18.2 Å². The molecule has 1 saturated heterocycles. The van der Waals surface area contributed by atoms with Gasteiger partial charge in [0.2, 0.25) is 12.4 Å². The molecule has 2 heterocycles. The van der Waals surface area contributed by atoms with Crippen LogP contribution in [0.4, 0.5) is 0 Å². The number of halogens is 1. The number of aromatic nitrogens is 1. The minimum Gasteiger partial charge on any atom is -0.463 e. The Labute approximate surface area is 224 Å². The van der Waals surface area contributed by atoms with E-state index in [0.717, 1.165) is 26.3 Å². The van der Waals surface area contributed by atoms with Crippen LogP contribution in [0.2, 0.25) is 0 Å². The van der Waals surface area contributed by atoms with Crippen molar-refractivity contribution in [3.05, 3.63) is 59.9 Å². The zero-order valence-electron chi connectivity index (χ0n) is 21.2. The van der Waals surface area contributed by atoms with Crippen molar-refractivity contribution in [1.29, 1.82) is 0 Å². The first kappa shape index (κ1) is 28.9. The molecule has 12 heteroatoms. The number of nitrogens with zero attached hydrogens (tertiary/aromatic N) is 1. The van der Waals surface area contributed by atoms with Gasteiger partial charge >= 0.3 is 23.9 Å². The van der Waals surface area contributed by atoms with E-state index in [1.807, 2.05) is 6.07 Å². The van der Waals surface area contributed by atoms with E-state index in [1.165, 1.54) is 6.92 Å². The van der Waals surface area contributed by atoms with E-state index in [-0.39, 0.29) is 6.61 Å². The molecule has 0 N–H and O–H groups in total. The van der Waals surface area contributed by atoms with Crippen LogP contribution in [-0.4, -0.2) is 66.2 Å². The molecule has 1 aliphatic rings.